The molecule has 0 radical (unpaired) electrons. The third kappa shape index (κ3) is 3.74. The van der Waals surface area contributed by atoms with Crippen LogP contribution >= 0.6 is 11.6 Å². The minimum atomic E-state index is 0.559. The molecule has 2 aromatic carbocycles. The first-order chi connectivity index (χ1) is 18.2. The Labute approximate surface area is 219 Å². The summed E-state index contributed by atoms with van der Waals surface area (Å²) in [6.07, 6.45) is 6.63. The Kier molecular flexibility index (Phi) is 5.34. The van der Waals surface area contributed by atoms with Gasteiger partial charge in [0.2, 0.25) is 0 Å². The molecule has 1 N–H and O–H groups in total. The molecule has 3 aromatic heterocycles. The van der Waals surface area contributed by atoms with E-state index in [0.29, 0.717) is 22.9 Å². The van der Waals surface area contributed by atoms with Crippen LogP contribution in [0.2, 0.25) is 5.02 Å². The van der Waals surface area contributed by atoms with Gasteiger partial charge in [-0.05, 0) is 54.4 Å². The number of benzene rings is 2. The minimum Gasteiger partial charge on any atom is -0.495 e. The zero-order valence-electron chi connectivity index (χ0n) is 20.3. The molecule has 7 rings (SSSR count). The normalized spacial score (nSPS) is 18.6. The molecular weight excluding hydrogens is 484 g/mol. The van der Waals surface area contributed by atoms with Crippen molar-refractivity contribution in [2.24, 2.45) is 0 Å². The van der Waals surface area contributed by atoms with E-state index in [4.69, 9.17) is 26.4 Å². The number of fused-ring (bicyclic) bond motifs is 3. The van der Waals surface area contributed by atoms with Crippen molar-refractivity contribution in [1.29, 1.82) is 0 Å². The number of nitrogens with zero attached hydrogens (tertiary/aromatic N) is 5. The van der Waals surface area contributed by atoms with Crippen molar-refractivity contribution in [2.75, 3.05) is 25.1 Å². The van der Waals surface area contributed by atoms with Gasteiger partial charge in [-0.15, -0.1) is 0 Å². The minimum absolute atomic E-state index is 0.559. The van der Waals surface area contributed by atoms with Gasteiger partial charge in [-0.3, -0.25) is 4.98 Å². The van der Waals surface area contributed by atoms with Crippen LogP contribution < -0.4 is 15.0 Å². The van der Waals surface area contributed by atoms with Crippen LogP contribution in [0, 0.1) is 0 Å². The summed E-state index contributed by atoms with van der Waals surface area (Å²) in [5.41, 5.74) is 7.73. The van der Waals surface area contributed by atoms with Gasteiger partial charge in [-0.2, -0.15) is 5.10 Å². The van der Waals surface area contributed by atoms with E-state index < -0.39 is 0 Å². The molecule has 5 aromatic rings. The molecule has 2 unspecified atom stereocenters. The van der Waals surface area contributed by atoms with Gasteiger partial charge in [0, 0.05) is 60.6 Å². The van der Waals surface area contributed by atoms with Gasteiger partial charge in [0.25, 0.3) is 0 Å². The van der Waals surface area contributed by atoms with Gasteiger partial charge < -0.3 is 15.0 Å². The van der Waals surface area contributed by atoms with Gasteiger partial charge in [0.15, 0.2) is 5.65 Å². The second kappa shape index (κ2) is 8.87. The van der Waals surface area contributed by atoms with Gasteiger partial charge in [0.05, 0.1) is 23.4 Å². The molecule has 0 aliphatic carbocycles. The van der Waals surface area contributed by atoms with Gasteiger partial charge in [-0.1, -0.05) is 29.8 Å². The number of hydrogen-bond donors (Lipinski definition) is 1. The predicted molar refractivity (Wildman–Crippen MR) is 146 cm³/mol. The van der Waals surface area contributed by atoms with E-state index in [-0.39, 0.29) is 0 Å². The molecule has 2 bridgehead atoms. The van der Waals surface area contributed by atoms with Crippen LogP contribution in [0.15, 0.2) is 79.3 Å². The molecule has 8 heteroatoms. The number of rotatable bonds is 5. The van der Waals surface area contributed by atoms with Crippen LogP contribution in [0.5, 0.6) is 5.75 Å². The Balaban J connectivity index is 1.37. The number of anilines is 1. The number of aromatic nitrogens is 4. The first kappa shape index (κ1) is 22.3. The fourth-order valence-corrected chi connectivity index (χ4v) is 5.85. The molecule has 2 aliphatic rings. The van der Waals surface area contributed by atoms with E-state index in [1.54, 1.807) is 19.5 Å². The van der Waals surface area contributed by atoms with E-state index in [2.05, 4.69) is 39.5 Å². The SMILES string of the molecule is COc1cc(-c2c(-c3ccncc3)nn3c(-c4ccc(N5CC6CC5CN6)cc4)ccnc23)ccc1Cl. The lowest BCUT2D eigenvalue weighted by Gasteiger charge is -2.29. The fourth-order valence-electron chi connectivity index (χ4n) is 5.66. The van der Waals surface area contributed by atoms with E-state index in [9.17, 15) is 0 Å². The van der Waals surface area contributed by atoms with Crippen molar-refractivity contribution >= 4 is 22.9 Å². The molecular formula is C29H25ClN6O. The van der Waals surface area contributed by atoms with E-state index >= 15 is 0 Å². The second-order valence-corrected chi connectivity index (χ2v) is 9.98. The molecule has 5 heterocycles. The summed E-state index contributed by atoms with van der Waals surface area (Å²) in [5.74, 6) is 0.608. The molecule has 2 fully saturated rings. The lowest BCUT2D eigenvalue weighted by Crippen LogP contribution is -2.43. The first-order valence-corrected chi connectivity index (χ1v) is 12.8. The highest BCUT2D eigenvalue weighted by atomic mass is 35.5. The Bertz CT molecular complexity index is 1600. The molecule has 37 heavy (non-hydrogen) atoms. The summed E-state index contributed by atoms with van der Waals surface area (Å²) in [5, 5.41) is 9.22. The van der Waals surface area contributed by atoms with Crippen LogP contribution in [0.25, 0.3) is 39.3 Å². The number of piperazine rings is 1. The number of ether oxygens (including phenoxy) is 1. The summed E-state index contributed by atoms with van der Waals surface area (Å²) >= 11 is 6.34. The Morgan fingerprint density at radius 2 is 1.76 bits per heavy atom. The molecule has 0 amide bonds. The van der Waals surface area contributed by atoms with Crippen LogP contribution in [0.4, 0.5) is 5.69 Å². The summed E-state index contributed by atoms with van der Waals surface area (Å²) in [6, 6.07) is 21.7. The van der Waals surface area contributed by atoms with Crippen LogP contribution in [-0.4, -0.2) is 51.9 Å². The standard InChI is InChI=1S/C29H25ClN6O/c1-37-26-14-20(4-7-24(26)30)27-28(19-8-11-31-12-9-19)34-36-25(10-13-32-29(27)36)18-2-5-22(6-3-18)35-17-21-15-23(35)16-33-21/h2-14,21,23,33H,15-17H2,1H3. The smallest absolute Gasteiger partial charge is 0.164 e. The maximum Gasteiger partial charge on any atom is 0.164 e. The lowest BCUT2D eigenvalue weighted by atomic mass is 10.0. The predicted octanol–water partition coefficient (Wildman–Crippen LogP) is 5.34. The molecule has 0 saturated carbocycles. The van der Waals surface area contributed by atoms with E-state index in [0.717, 1.165) is 52.4 Å². The number of nitrogens with one attached hydrogen (secondary N) is 1. The van der Waals surface area contributed by atoms with E-state index in [1.165, 1.54) is 12.1 Å². The molecule has 2 atom stereocenters. The molecule has 0 spiro atoms. The lowest BCUT2D eigenvalue weighted by molar-refractivity contribution is 0.415. The highest BCUT2D eigenvalue weighted by molar-refractivity contribution is 6.32. The number of hydrogen-bond acceptors (Lipinski definition) is 6. The van der Waals surface area contributed by atoms with Crippen molar-refractivity contribution in [3.63, 3.8) is 0 Å². The Morgan fingerprint density at radius 3 is 2.49 bits per heavy atom. The summed E-state index contributed by atoms with van der Waals surface area (Å²) in [4.78, 5) is 11.5. The Morgan fingerprint density at radius 1 is 0.946 bits per heavy atom. The highest BCUT2D eigenvalue weighted by Gasteiger charge is 2.37. The summed E-state index contributed by atoms with van der Waals surface area (Å²) in [6.45, 7) is 2.15. The number of halogens is 1. The van der Waals surface area contributed by atoms with Crippen LogP contribution in [0.1, 0.15) is 6.42 Å². The zero-order chi connectivity index (χ0) is 24.9. The average molecular weight is 509 g/mol. The molecule has 184 valence electrons. The van der Waals surface area contributed by atoms with Crippen LogP contribution in [-0.2, 0) is 0 Å². The quantitative estimate of drug-likeness (QED) is 0.346. The highest BCUT2D eigenvalue weighted by Crippen LogP contribution is 2.39. The number of methoxy groups -OCH3 is 1. The largest absolute Gasteiger partial charge is 0.495 e. The maximum atomic E-state index is 6.34. The average Bonchev–Trinajstić information content (AvgIpc) is 3.69. The van der Waals surface area contributed by atoms with Gasteiger partial charge in [0.1, 0.15) is 11.4 Å². The van der Waals surface area contributed by atoms with Gasteiger partial charge >= 0.3 is 0 Å². The summed E-state index contributed by atoms with van der Waals surface area (Å²) in [7, 11) is 1.62. The molecule has 2 aliphatic heterocycles. The van der Waals surface area contributed by atoms with Crippen molar-refractivity contribution < 1.29 is 4.74 Å². The summed E-state index contributed by atoms with van der Waals surface area (Å²) < 4.78 is 7.44. The van der Waals surface area contributed by atoms with Crippen molar-refractivity contribution in [2.45, 2.75) is 18.5 Å². The fraction of sp³-hybridized carbons (Fsp3) is 0.207. The molecule has 7 nitrogen and oxygen atoms in total. The monoisotopic (exact) mass is 508 g/mol. The van der Waals surface area contributed by atoms with Crippen molar-refractivity contribution in [3.8, 4) is 39.4 Å². The zero-order valence-corrected chi connectivity index (χ0v) is 21.1. The third-order valence-corrected chi connectivity index (χ3v) is 7.78. The maximum absolute atomic E-state index is 6.34. The topological polar surface area (TPSA) is 67.6 Å². The van der Waals surface area contributed by atoms with Crippen molar-refractivity contribution in [1.82, 2.24) is 24.9 Å². The van der Waals surface area contributed by atoms with Crippen molar-refractivity contribution in [3.05, 3.63) is 84.3 Å². The second-order valence-electron chi connectivity index (χ2n) is 9.57. The number of pyridine rings is 1. The first-order valence-electron chi connectivity index (χ1n) is 12.4. The molecule has 2 saturated heterocycles. The Hall–Kier alpha value is -3.94. The van der Waals surface area contributed by atoms with Crippen LogP contribution in [0.3, 0.4) is 0 Å². The van der Waals surface area contributed by atoms with Gasteiger partial charge in [-0.25, -0.2) is 9.50 Å². The third-order valence-electron chi connectivity index (χ3n) is 7.46. The van der Waals surface area contributed by atoms with E-state index in [1.807, 2.05) is 47.1 Å².